The molecule has 0 aromatic heterocycles. The smallest absolute Gasteiger partial charge is 0.0766 e. The molecule has 1 fully saturated rings. The van der Waals surface area contributed by atoms with E-state index < -0.39 is 6.95 Å². The minimum atomic E-state index is -1.69. The van der Waals surface area contributed by atoms with Crippen molar-refractivity contribution in [3.8, 4) is 0 Å². The second-order valence-electron chi connectivity index (χ2n) is 6.96. The first-order chi connectivity index (χ1) is 12.7. The van der Waals surface area contributed by atoms with Crippen LogP contribution in [-0.4, -0.2) is 4.07 Å². The molecular weight excluding hydrogens is 418 g/mol. The maximum atomic E-state index is 4.21. The molecule has 1 atom stereocenters. The number of rotatable bonds is 5. The molecule has 26 heavy (non-hydrogen) atoms. The Morgan fingerprint density at radius 2 is 0.962 bits per heavy atom. The minimum absolute atomic E-state index is 0.280. The summed E-state index contributed by atoms with van der Waals surface area (Å²) < 4.78 is 0.280. The lowest BCUT2D eigenvalue weighted by Crippen LogP contribution is -2.30. The summed E-state index contributed by atoms with van der Waals surface area (Å²) in [6.45, 7) is -1.69. The molecule has 0 bridgehead atoms. The number of alkyl halides is 1. The summed E-state index contributed by atoms with van der Waals surface area (Å²) in [5.41, 5.74) is 0. The summed E-state index contributed by atoms with van der Waals surface area (Å²) in [5.74, 6) is 0. The lowest BCUT2D eigenvalue weighted by atomic mass is 10.4. The molecule has 0 nitrogen and oxygen atoms in total. The zero-order chi connectivity index (χ0) is 17.9. The Bertz CT molecular complexity index is 731. The van der Waals surface area contributed by atoms with Crippen LogP contribution in [0.2, 0.25) is 0 Å². The molecule has 3 aromatic rings. The molecule has 3 aromatic carbocycles. The fraction of sp³-hybridized carbons (Fsp3) is 0.217. The molecule has 1 aliphatic carbocycles. The van der Waals surface area contributed by atoms with Crippen molar-refractivity contribution >= 4 is 47.1 Å². The molecule has 0 saturated heterocycles. The van der Waals surface area contributed by atoms with E-state index in [4.69, 9.17) is 0 Å². The standard InChI is InChI=1S/C23H24BrP2/c24-23(18-10-11-19-23)25-26(20-12-4-1-5-13-20,21-14-6-2-7-15-21)22-16-8-3-9-17-22/h1-9,12-17,25H,10-11,18-19H2/q+1. The van der Waals surface area contributed by atoms with Gasteiger partial charge in [0, 0.05) is 0 Å². The molecule has 1 saturated carbocycles. The summed E-state index contributed by atoms with van der Waals surface area (Å²) in [6.07, 6.45) is 5.27. The van der Waals surface area contributed by atoms with Gasteiger partial charge in [0.2, 0.25) is 0 Å². The van der Waals surface area contributed by atoms with Crippen molar-refractivity contribution in [1.82, 2.24) is 0 Å². The van der Waals surface area contributed by atoms with Crippen molar-refractivity contribution in [2.45, 2.75) is 29.7 Å². The van der Waals surface area contributed by atoms with Gasteiger partial charge in [0.05, 0.1) is 12.3 Å². The van der Waals surface area contributed by atoms with Crippen molar-refractivity contribution in [2.75, 3.05) is 0 Å². The van der Waals surface area contributed by atoms with E-state index in [0.29, 0.717) is 0 Å². The third-order valence-electron chi connectivity index (χ3n) is 5.19. The van der Waals surface area contributed by atoms with Gasteiger partial charge in [-0.1, -0.05) is 83.4 Å². The van der Waals surface area contributed by atoms with Crippen LogP contribution >= 0.6 is 31.2 Å². The van der Waals surface area contributed by atoms with E-state index in [1.54, 1.807) is 0 Å². The zero-order valence-electron chi connectivity index (χ0n) is 14.8. The predicted octanol–water partition coefficient (Wildman–Crippen LogP) is 6.24. The first-order valence-electron chi connectivity index (χ1n) is 9.27. The molecule has 0 amide bonds. The van der Waals surface area contributed by atoms with Crippen molar-refractivity contribution in [3.63, 3.8) is 0 Å². The average molecular weight is 442 g/mol. The summed E-state index contributed by atoms with van der Waals surface area (Å²) in [4.78, 5) is 0. The Labute approximate surface area is 167 Å². The second kappa shape index (κ2) is 7.93. The maximum absolute atomic E-state index is 4.21. The van der Waals surface area contributed by atoms with Crippen LogP contribution in [-0.2, 0) is 0 Å². The minimum Gasteiger partial charge on any atom is -0.0766 e. The molecule has 0 spiro atoms. The summed E-state index contributed by atoms with van der Waals surface area (Å²) >= 11 is 4.21. The van der Waals surface area contributed by atoms with E-state index in [9.17, 15) is 0 Å². The quantitative estimate of drug-likeness (QED) is 0.324. The van der Waals surface area contributed by atoms with E-state index in [0.717, 1.165) is 8.27 Å². The second-order valence-corrected chi connectivity index (χ2v) is 16.0. The number of halogens is 1. The normalized spacial score (nSPS) is 17.0. The van der Waals surface area contributed by atoms with Crippen LogP contribution in [0.15, 0.2) is 91.0 Å². The summed E-state index contributed by atoms with van der Waals surface area (Å²) in [5, 5.41) is 4.50. The highest BCUT2D eigenvalue weighted by Gasteiger charge is 2.52. The summed E-state index contributed by atoms with van der Waals surface area (Å²) in [7, 11) is 0.860. The molecule has 132 valence electrons. The highest BCUT2D eigenvalue weighted by Crippen LogP contribution is 2.78. The van der Waals surface area contributed by atoms with Gasteiger partial charge in [-0.3, -0.25) is 0 Å². The lowest BCUT2D eigenvalue weighted by Gasteiger charge is -2.33. The largest absolute Gasteiger partial charge is 0.128 e. The van der Waals surface area contributed by atoms with E-state index in [1.165, 1.54) is 41.6 Å². The molecule has 3 heteroatoms. The number of hydrogen-bond acceptors (Lipinski definition) is 0. The first-order valence-corrected chi connectivity index (χ1v) is 13.7. The van der Waals surface area contributed by atoms with Crippen LogP contribution in [0.5, 0.6) is 0 Å². The molecule has 0 N–H and O–H groups in total. The van der Waals surface area contributed by atoms with Crippen molar-refractivity contribution in [2.24, 2.45) is 0 Å². The molecule has 0 heterocycles. The molecule has 1 unspecified atom stereocenters. The first kappa shape index (κ1) is 18.4. The lowest BCUT2D eigenvalue weighted by molar-refractivity contribution is 0.859. The van der Waals surface area contributed by atoms with Gasteiger partial charge in [0.25, 0.3) is 0 Å². The Morgan fingerprint density at radius 3 is 1.31 bits per heavy atom. The summed E-state index contributed by atoms with van der Waals surface area (Å²) in [6, 6.07) is 33.8. The van der Waals surface area contributed by atoms with Gasteiger partial charge in [-0.25, -0.2) is 0 Å². The van der Waals surface area contributed by atoms with E-state index in [1.807, 2.05) is 0 Å². The fourth-order valence-electron chi connectivity index (χ4n) is 3.94. The third-order valence-corrected chi connectivity index (χ3v) is 16.6. The van der Waals surface area contributed by atoms with Crippen molar-refractivity contribution in [1.29, 1.82) is 0 Å². The molecular formula is C23H24BrP2+. The Morgan fingerprint density at radius 1 is 0.615 bits per heavy atom. The highest BCUT2D eigenvalue weighted by atomic mass is 79.9. The van der Waals surface area contributed by atoms with Crippen LogP contribution in [0, 0.1) is 0 Å². The van der Waals surface area contributed by atoms with Gasteiger partial charge >= 0.3 is 0 Å². The average Bonchev–Trinajstić information content (AvgIpc) is 3.14. The van der Waals surface area contributed by atoms with E-state index in [2.05, 4.69) is 107 Å². The maximum Gasteiger partial charge on any atom is 0.128 e. The van der Waals surface area contributed by atoms with Crippen molar-refractivity contribution < 1.29 is 0 Å². The van der Waals surface area contributed by atoms with Crippen LogP contribution < -0.4 is 15.9 Å². The topological polar surface area (TPSA) is 0 Å². The van der Waals surface area contributed by atoms with Crippen LogP contribution in [0.3, 0.4) is 0 Å². The Hall–Kier alpha value is -1.00. The zero-order valence-corrected chi connectivity index (χ0v) is 18.3. The molecule has 1 aliphatic rings. The fourth-order valence-corrected chi connectivity index (χ4v) is 16.2. The van der Waals surface area contributed by atoms with Gasteiger partial charge in [-0.15, -0.1) is 0 Å². The third kappa shape index (κ3) is 3.55. The van der Waals surface area contributed by atoms with Crippen molar-refractivity contribution in [3.05, 3.63) is 91.0 Å². The number of benzene rings is 3. The number of hydrogen-bond donors (Lipinski definition) is 0. The van der Waals surface area contributed by atoms with Crippen LogP contribution in [0.1, 0.15) is 25.7 Å². The molecule has 4 rings (SSSR count). The van der Waals surface area contributed by atoms with Gasteiger partial charge in [0.1, 0.15) is 22.9 Å². The Kier molecular flexibility index (Phi) is 5.61. The molecule has 0 aliphatic heterocycles. The van der Waals surface area contributed by atoms with Gasteiger partial charge < -0.3 is 0 Å². The van der Waals surface area contributed by atoms with Gasteiger partial charge in [-0.2, -0.15) is 0 Å². The van der Waals surface area contributed by atoms with Crippen LogP contribution in [0.25, 0.3) is 0 Å². The molecule has 0 radical (unpaired) electrons. The van der Waals surface area contributed by atoms with Gasteiger partial charge in [-0.05, 0) is 49.2 Å². The van der Waals surface area contributed by atoms with Gasteiger partial charge in [0.15, 0.2) is 0 Å². The highest BCUT2D eigenvalue weighted by molar-refractivity contribution is 9.11. The SMILES string of the molecule is BrC1(P[P+](c2ccccc2)(c2ccccc2)c2ccccc2)CCCC1. The predicted molar refractivity (Wildman–Crippen MR) is 124 cm³/mol. The van der Waals surface area contributed by atoms with E-state index >= 15 is 0 Å². The van der Waals surface area contributed by atoms with E-state index in [-0.39, 0.29) is 4.07 Å². The monoisotopic (exact) mass is 441 g/mol. The Balaban J connectivity index is 1.97. The van der Waals surface area contributed by atoms with Crippen LogP contribution in [0.4, 0.5) is 0 Å².